The zero-order valence-electron chi connectivity index (χ0n) is 17.9. The molecule has 10 nitrogen and oxygen atoms in total. The Kier molecular flexibility index (Phi) is 6.34. The smallest absolute Gasteiger partial charge is 0.411 e. The molecule has 2 amide bonds. The van der Waals surface area contributed by atoms with Crippen LogP contribution in [0.3, 0.4) is 0 Å². The number of carbonyl (C=O) groups is 2. The lowest BCUT2D eigenvalue weighted by molar-refractivity contribution is -0.384. The van der Waals surface area contributed by atoms with Crippen LogP contribution in [0.5, 0.6) is 0 Å². The maximum absolute atomic E-state index is 13.2. The van der Waals surface area contributed by atoms with E-state index in [1.54, 1.807) is 37.8 Å². The predicted octanol–water partition coefficient (Wildman–Crippen LogP) is 2.90. The average Bonchev–Trinajstić information content (AvgIpc) is 3.33. The third-order valence-corrected chi connectivity index (χ3v) is 5.35. The molecule has 0 spiro atoms. The van der Waals surface area contributed by atoms with Crippen LogP contribution in [0.15, 0.2) is 24.3 Å². The van der Waals surface area contributed by atoms with E-state index in [0.717, 1.165) is 6.42 Å². The first-order chi connectivity index (χ1) is 14.6. The summed E-state index contributed by atoms with van der Waals surface area (Å²) in [6.07, 6.45) is 1.16. The van der Waals surface area contributed by atoms with Gasteiger partial charge in [-0.05, 0) is 52.2 Å². The summed E-state index contributed by atoms with van der Waals surface area (Å²) in [7, 11) is 0. The van der Waals surface area contributed by atoms with E-state index in [0.29, 0.717) is 25.1 Å². The number of likely N-dealkylation sites (tertiary alicyclic amines) is 2. The number of amides is 2. The fourth-order valence-electron chi connectivity index (χ4n) is 3.97. The minimum absolute atomic E-state index is 0.0167. The molecule has 0 aromatic heterocycles. The zero-order chi connectivity index (χ0) is 22.8. The Bertz CT molecular complexity index is 889. The van der Waals surface area contributed by atoms with Crippen molar-refractivity contribution < 1.29 is 19.2 Å². The maximum Gasteiger partial charge on any atom is 0.411 e. The van der Waals surface area contributed by atoms with Gasteiger partial charge in [0, 0.05) is 37.0 Å². The molecule has 0 aliphatic carbocycles. The quantitative estimate of drug-likeness (QED) is 0.575. The predicted molar refractivity (Wildman–Crippen MR) is 112 cm³/mol. The minimum atomic E-state index is -0.737. The SMILES string of the molecule is CC(C)(C)OC(=O)N1C[C@@H](Nc2ccc([N+](=O)[O-])cc2)C[C@H]1C(=O)N1CCCC1C#N. The third-order valence-electron chi connectivity index (χ3n) is 5.35. The van der Waals surface area contributed by atoms with Crippen molar-refractivity contribution in [2.45, 2.75) is 63.8 Å². The first-order valence-electron chi connectivity index (χ1n) is 10.3. The van der Waals surface area contributed by atoms with E-state index in [2.05, 4.69) is 11.4 Å². The van der Waals surface area contributed by atoms with E-state index < -0.39 is 28.7 Å². The molecular formula is C21H27N5O5. The molecule has 2 aliphatic heterocycles. The highest BCUT2D eigenvalue weighted by atomic mass is 16.6. The average molecular weight is 429 g/mol. The molecule has 2 saturated heterocycles. The van der Waals surface area contributed by atoms with Gasteiger partial charge in [-0.15, -0.1) is 0 Å². The summed E-state index contributed by atoms with van der Waals surface area (Å²) in [5.41, 5.74) is -0.0712. The second kappa shape index (κ2) is 8.79. The maximum atomic E-state index is 13.2. The van der Waals surface area contributed by atoms with Crippen molar-refractivity contribution in [1.82, 2.24) is 9.80 Å². The molecule has 0 saturated carbocycles. The van der Waals surface area contributed by atoms with Crippen LogP contribution in [0, 0.1) is 21.4 Å². The summed E-state index contributed by atoms with van der Waals surface area (Å²) in [6.45, 7) is 6.02. The first-order valence-corrected chi connectivity index (χ1v) is 10.3. The van der Waals surface area contributed by atoms with Gasteiger partial charge in [0.05, 0.1) is 11.0 Å². The van der Waals surface area contributed by atoms with Crippen molar-refractivity contribution in [3.05, 3.63) is 34.4 Å². The van der Waals surface area contributed by atoms with Gasteiger partial charge in [0.25, 0.3) is 5.69 Å². The Hall–Kier alpha value is -3.35. The number of ether oxygens (including phenoxy) is 1. The molecule has 31 heavy (non-hydrogen) atoms. The first kappa shape index (κ1) is 22.3. The van der Waals surface area contributed by atoms with Crippen molar-refractivity contribution in [1.29, 1.82) is 5.26 Å². The van der Waals surface area contributed by atoms with E-state index in [-0.39, 0.29) is 24.2 Å². The molecule has 1 aromatic rings. The molecule has 1 N–H and O–H groups in total. The number of nitro groups is 1. The van der Waals surface area contributed by atoms with Gasteiger partial charge in [0.15, 0.2) is 0 Å². The van der Waals surface area contributed by atoms with Gasteiger partial charge < -0.3 is 15.0 Å². The van der Waals surface area contributed by atoms with Crippen molar-refractivity contribution >= 4 is 23.4 Å². The Balaban J connectivity index is 1.77. The van der Waals surface area contributed by atoms with Crippen LogP contribution in [-0.2, 0) is 9.53 Å². The lowest BCUT2D eigenvalue weighted by Crippen LogP contribution is -2.50. The van der Waals surface area contributed by atoms with E-state index >= 15 is 0 Å². The molecule has 10 heteroatoms. The summed E-state index contributed by atoms with van der Waals surface area (Å²) in [5, 5.41) is 23.4. The van der Waals surface area contributed by atoms with Crippen molar-refractivity contribution in [3.8, 4) is 6.07 Å². The fourth-order valence-corrected chi connectivity index (χ4v) is 3.97. The van der Waals surface area contributed by atoms with Crippen LogP contribution in [0.1, 0.15) is 40.0 Å². The minimum Gasteiger partial charge on any atom is -0.444 e. The monoisotopic (exact) mass is 429 g/mol. The standard InChI is InChI=1S/C21H27N5O5/c1-21(2,3)31-20(28)25-13-15(23-14-6-8-16(9-7-14)26(29)30)11-18(25)19(27)24-10-4-5-17(24)12-22/h6-9,15,17-18,23H,4-5,10-11,13H2,1-3H3/t15-,17?,18-/m0/s1. The molecule has 2 aliphatic rings. The molecule has 3 rings (SSSR count). The number of hydrogen-bond donors (Lipinski definition) is 1. The summed E-state index contributed by atoms with van der Waals surface area (Å²) in [4.78, 5) is 39.4. The van der Waals surface area contributed by atoms with Gasteiger partial charge in [-0.2, -0.15) is 5.26 Å². The number of non-ortho nitro benzene ring substituents is 1. The number of anilines is 1. The van der Waals surface area contributed by atoms with E-state index in [4.69, 9.17) is 4.74 Å². The van der Waals surface area contributed by atoms with Crippen LogP contribution < -0.4 is 5.32 Å². The molecule has 2 fully saturated rings. The lowest BCUT2D eigenvalue weighted by Gasteiger charge is -2.30. The Labute approximate surface area is 180 Å². The summed E-state index contributed by atoms with van der Waals surface area (Å²) < 4.78 is 5.51. The Morgan fingerprint density at radius 3 is 2.52 bits per heavy atom. The fraction of sp³-hybridized carbons (Fsp3) is 0.571. The third kappa shape index (κ3) is 5.23. The number of rotatable bonds is 4. The largest absolute Gasteiger partial charge is 0.444 e. The molecule has 2 heterocycles. The number of nitro benzene ring substituents is 1. The molecule has 1 unspecified atom stereocenters. The molecule has 3 atom stereocenters. The number of nitriles is 1. The Morgan fingerprint density at radius 2 is 1.94 bits per heavy atom. The van der Waals surface area contributed by atoms with E-state index in [1.165, 1.54) is 17.0 Å². The lowest BCUT2D eigenvalue weighted by atomic mass is 10.1. The highest BCUT2D eigenvalue weighted by Crippen LogP contribution is 2.28. The van der Waals surface area contributed by atoms with Crippen LogP contribution in [0.4, 0.5) is 16.2 Å². The number of carbonyl (C=O) groups excluding carboxylic acids is 2. The highest BCUT2D eigenvalue weighted by molar-refractivity contribution is 5.87. The van der Waals surface area contributed by atoms with Crippen LogP contribution in [0.25, 0.3) is 0 Å². The van der Waals surface area contributed by atoms with Crippen LogP contribution >= 0.6 is 0 Å². The molecule has 0 bridgehead atoms. The number of benzene rings is 1. The zero-order valence-corrected chi connectivity index (χ0v) is 17.9. The van der Waals surface area contributed by atoms with Crippen molar-refractivity contribution in [2.75, 3.05) is 18.4 Å². The Morgan fingerprint density at radius 1 is 1.26 bits per heavy atom. The van der Waals surface area contributed by atoms with Gasteiger partial charge in [-0.3, -0.25) is 19.8 Å². The number of nitrogens with one attached hydrogen (secondary N) is 1. The normalized spacial score (nSPS) is 23.4. The molecule has 1 aromatic carbocycles. The topological polar surface area (TPSA) is 129 Å². The van der Waals surface area contributed by atoms with E-state index in [1.807, 2.05) is 0 Å². The van der Waals surface area contributed by atoms with Crippen LogP contribution in [0.2, 0.25) is 0 Å². The van der Waals surface area contributed by atoms with Crippen molar-refractivity contribution in [3.63, 3.8) is 0 Å². The summed E-state index contributed by atoms with van der Waals surface area (Å²) in [6, 6.07) is 6.69. The molecule has 166 valence electrons. The van der Waals surface area contributed by atoms with Gasteiger partial charge in [0.1, 0.15) is 17.7 Å². The second-order valence-corrected chi connectivity index (χ2v) is 8.85. The highest BCUT2D eigenvalue weighted by Gasteiger charge is 2.45. The van der Waals surface area contributed by atoms with E-state index in [9.17, 15) is 25.0 Å². The van der Waals surface area contributed by atoms with Crippen molar-refractivity contribution in [2.24, 2.45) is 0 Å². The number of nitrogens with zero attached hydrogens (tertiary/aromatic N) is 4. The molecular weight excluding hydrogens is 402 g/mol. The number of hydrogen-bond acceptors (Lipinski definition) is 7. The molecule has 0 radical (unpaired) electrons. The summed E-state index contributed by atoms with van der Waals surface area (Å²) in [5.74, 6) is -0.247. The van der Waals surface area contributed by atoms with Gasteiger partial charge >= 0.3 is 6.09 Å². The van der Waals surface area contributed by atoms with Gasteiger partial charge in [-0.25, -0.2) is 4.79 Å². The summed E-state index contributed by atoms with van der Waals surface area (Å²) >= 11 is 0. The van der Waals surface area contributed by atoms with Crippen LogP contribution in [-0.4, -0.2) is 63.5 Å². The second-order valence-electron chi connectivity index (χ2n) is 8.85. The van der Waals surface area contributed by atoms with Gasteiger partial charge in [-0.1, -0.05) is 0 Å². The van der Waals surface area contributed by atoms with Gasteiger partial charge in [0.2, 0.25) is 5.91 Å².